The number of carbonyl (C=O) groups excluding carboxylic acids is 2. The van der Waals surface area contributed by atoms with Crippen molar-refractivity contribution in [3.63, 3.8) is 0 Å². The minimum atomic E-state index is -0.611. The predicted octanol–water partition coefficient (Wildman–Crippen LogP) is 1.94. The molecule has 0 aromatic carbocycles. The number of amides is 1. The molecular weight excluding hydrogens is 270 g/mol. The molecule has 0 bridgehead atoms. The molecule has 1 aliphatic rings. The topological polar surface area (TPSA) is 75.6 Å². The number of aliphatic hydroxyl groups excluding tert-OH is 1. The number of cyclic esters (lactones) is 1. The second kappa shape index (κ2) is 9.55. The number of unbranched alkanes of at least 4 members (excludes halogenated alkanes) is 5. The number of carbonyl (C=O) groups is 2. The molecule has 5 nitrogen and oxygen atoms in total. The monoisotopic (exact) mass is 297 g/mol. The fourth-order valence-corrected chi connectivity index (χ4v) is 2.60. The molecule has 0 aromatic heterocycles. The highest BCUT2D eigenvalue weighted by atomic mass is 16.6. The lowest BCUT2D eigenvalue weighted by molar-refractivity contribution is -0.140. The lowest BCUT2D eigenvalue weighted by Crippen LogP contribution is -2.37. The van der Waals surface area contributed by atoms with Crippen LogP contribution in [-0.2, 0) is 14.3 Å². The molecule has 0 saturated carbocycles. The SMILES string of the molecule is C=C1C(=O)O[C@@H](CCCCCCCC)C1C(=O)NCCO. The van der Waals surface area contributed by atoms with E-state index in [9.17, 15) is 9.59 Å². The number of ether oxygens (including phenoxy) is 1. The van der Waals surface area contributed by atoms with E-state index >= 15 is 0 Å². The van der Waals surface area contributed by atoms with E-state index in [1.165, 1.54) is 25.7 Å². The van der Waals surface area contributed by atoms with Crippen LogP contribution in [0.15, 0.2) is 12.2 Å². The lowest BCUT2D eigenvalue weighted by atomic mass is 9.92. The van der Waals surface area contributed by atoms with Crippen LogP contribution in [0.2, 0.25) is 0 Å². The largest absolute Gasteiger partial charge is 0.458 e. The Morgan fingerprint density at radius 3 is 2.62 bits per heavy atom. The zero-order valence-corrected chi connectivity index (χ0v) is 12.9. The molecule has 1 aliphatic heterocycles. The summed E-state index contributed by atoms with van der Waals surface area (Å²) in [5.74, 6) is -1.37. The van der Waals surface area contributed by atoms with Crippen LogP contribution in [0.5, 0.6) is 0 Å². The summed E-state index contributed by atoms with van der Waals surface area (Å²) in [5.41, 5.74) is 0.224. The Labute approximate surface area is 126 Å². The molecule has 1 amide bonds. The van der Waals surface area contributed by atoms with Crippen LogP contribution in [0.1, 0.15) is 51.9 Å². The summed E-state index contributed by atoms with van der Waals surface area (Å²) in [6.07, 6.45) is 7.19. The summed E-state index contributed by atoms with van der Waals surface area (Å²) in [4.78, 5) is 23.6. The molecule has 120 valence electrons. The van der Waals surface area contributed by atoms with E-state index in [0.717, 1.165) is 12.8 Å². The maximum Gasteiger partial charge on any atom is 0.334 e. The maximum atomic E-state index is 12.0. The van der Waals surface area contributed by atoms with Crippen LogP contribution in [0.4, 0.5) is 0 Å². The molecule has 0 spiro atoms. The first-order valence-corrected chi connectivity index (χ1v) is 7.90. The Morgan fingerprint density at radius 1 is 1.29 bits per heavy atom. The zero-order valence-electron chi connectivity index (χ0n) is 12.9. The Hall–Kier alpha value is -1.36. The van der Waals surface area contributed by atoms with Crippen molar-refractivity contribution in [3.8, 4) is 0 Å². The van der Waals surface area contributed by atoms with Gasteiger partial charge in [-0.05, 0) is 12.8 Å². The van der Waals surface area contributed by atoms with Gasteiger partial charge in [-0.3, -0.25) is 4.79 Å². The van der Waals surface area contributed by atoms with E-state index in [0.29, 0.717) is 6.42 Å². The summed E-state index contributed by atoms with van der Waals surface area (Å²) in [6, 6.07) is 0. The van der Waals surface area contributed by atoms with Crippen molar-refractivity contribution >= 4 is 11.9 Å². The van der Waals surface area contributed by atoms with Gasteiger partial charge in [0, 0.05) is 12.1 Å². The molecule has 1 unspecified atom stereocenters. The Morgan fingerprint density at radius 2 is 1.95 bits per heavy atom. The number of aliphatic hydroxyl groups is 1. The molecule has 1 fully saturated rings. The standard InChI is InChI=1S/C16H27NO4/c1-3-4-5-6-7-8-9-13-14(12(2)16(20)21-13)15(19)17-10-11-18/h13-14,18H,2-11H2,1H3,(H,17,19)/t13-,14?/m0/s1. The Balaban J connectivity index is 2.41. The highest BCUT2D eigenvalue weighted by molar-refractivity contribution is 5.99. The van der Waals surface area contributed by atoms with Crippen LogP contribution < -0.4 is 5.32 Å². The average molecular weight is 297 g/mol. The first kappa shape index (κ1) is 17.7. The zero-order chi connectivity index (χ0) is 15.7. The molecule has 1 heterocycles. The molecule has 2 atom stereocenters. The summed E-state index contributed by atoms with van der Waals surface area (Å²) >= 11 is 0. The number of hydrogen-bond acceptors (Lipinski definition) is 4. The van der Waals surface area contributed by atoms with E-state index in [-0.39, 0.29) is 24.6 Å². The summed E-state index contributed by atoms with van der Waals surface area (Å²) in [5, 5.41) is 11.3. The van der Waals surface area contributed by atoms with E-state index in [4.69, 9.17) is 9.84 Å². The van der Waals surface area contributed by atoms with Crippen LogP contribution >= 0.6 is 0 Å². The molecule has 0 aromatic rings. The van der Waals surface area contributed by atoms with Gasteiger partial charge in [0.25, 0.3) is 0 Å². The van der Waals surface area contributed by atoms with Gasteiger partial charge in [0.2, 0.25) is 5.91 Å². The highest BCUT2D eigenvalue weighted by Crippen LogP contribution is 2.30. The van der Waals surface area contributed by atoms with Gasteiger partial charge in [0.05, 0.1) is 6.61 Å². The highest BCUT2D eigenvalue weighted by Gasteiger charge is 2.42. The van der Waals surface area contributed by atoms with Crippen LogP contribution in [0.25, 0.3) is 0 Å². The predicted molar refractivity (Wildman–Crippen MR) is 80.6 cm³/mol. The van der Waals surface area contributed by atoms with Gasteiger partial charge in [-0.25, -0.2) is 4.79 Å². The minimum absolute atomic E-state index is 0.123. The molecule has 0 aliphatic carbocycles. The number of esters is 1. The molecule has 5 heteroatoms. The fourth-order valence-electron chi connectivity index (χ4n) is 2.60. The molecule has 0 radical (unpaired) electrons. The quantitative estimate of drug-likeness (QED) is 0.367. The Bertz CT molecular complexity index is 367. The minimum Gasteiger partial charge on any atom is -0.458 e. The van der Waals surface area contributed by atoms with E-state index < -0.39 is 18.0 Å². The van der Waals surface area contributed by atoms with Gasteiger partial charge in [-0.1, -0.05) is 45.6 Å². The van der Waals surface area contributed by atoms with Crippen molar-refractivity contribution in [1.82, 2.24) is 5.32 Å². The summed E-state index contributed by atoms with van der Waals surface area (Å²) < 4.78 is 5.25. The van der Waals surface area contributed by atoms with E-state index in [1.54, 1.807) is 0 Å². The normalized spacial score (nSPS) is 21.4. The first-order valence-electron chi connectivity index (χ1n) is 7.90. The van der Waals surface area contributed by atoms with Gasteiger partial charge in [-0.15, -0.1) is 0 Å². The molecular formula is C16H27NO4. The van der Waals surface area contributed by atoms with Crippen molar-refractivity contribution in [2.45, 2.75) is 58.0 Å². The second-order valence-corrected chi connectivity index (χ2v) is 5.52. The number of nitrogens with one attached hydrogen (secondary N) is 1. The van der Waals surface area contributed by atoms with Gasteiger partial charge in [0.1, 0.15) is 12.0 Å². The maximum absolute atomic E-state index is 12.0. The van der Waals surface area contributed by atoms with Crippen LogP contribution in [0.3, 0.4) is 0 Å². The second-order valence-electron chi connectivity index (χ2n) is 5.52. The van der Waals surface area contributed by atoms with Crippen molar-refractivity contribution in [2.24, 2.45) is 5.92 Å². The molecule has 21 heavy (non-hydrogen) atoms. The fraction of sp³-hybridized carbons (Fsp3) is 0.750. The first-order chi connectivity index (χ1) is 10.1. The number of rotatable bonds is 10. The van der Waals surface area contributed by atoms with Gasteiger partial charge in [0.15, 0.2) is 0 Å². The average Bonchev–Trinajstić information content (AvgIpc) is 2.75. The third-order valence-corrected chi connectivity index (χ3v) is 3.80. The lowest BCUT2D eigenvalue weighted by Gasteiger charge is -2.17. The number of hydrogen-bond donors (Lipinski definition) is 2. The summed E-state index contributed by atoms with van der Waals surface area (Å²) in [6.45, 7) is 5.90. The molecule has 2 N–H and O–H groups in total. The molecule has 1 rings (SSSR count). The van der Waals surface area contributed by atoms with E-state index in [1.807, 2.05) is 0 Å². The van der Waals surface area contributed by atoms with Gasteiger partial charge >= 0.3 is 5.97 Å². The van der Waals surface area contributed by atoms with Crippen molar-refractivity contribution < 1.29 is 19.4 Å². The third-order valence-electron chi connectivity index (χ3n) is 3.80. The smallest absolute Gasteiger partial charge is 0.334 e. The third kappa shape index (κ3) is 5.50. The van der Waals surface area contributed by atoms with Crippen molar-refractivity contribution in [3.05, 3.63) is 12.2 Å². The van der Waals surface area contributed by atoms with Crippen LogP contribution in [-0.4, -0.2) is 36.2 Å². The Kier molecular flexibility index (Phi) is 8.05. The molecule has 1 saturated heterocycles. The van der Waals surface area contributed by atoms with E-state index in [2.05, 4.69) is 18.8 Å². The van der Waals surface area contributed by atoms with Crippen molar-refractivity contribution in [2.75, 3.05) is 13.2 Å². The van der Waals surface area contributed by atoms with Crippen molar-refractivity contribution in [1.29, 1.82) is 0 Å². The summed E-state index contributed by atoms with van der Waals surface area (Å²) in [7, 11) is 0. The van der Waals surface area contributed by atoms with Crippen LogP contribution in [0, 0.1) is 5.92 Å². The van der Waals surface area contributed by atoms with Gasteiger partial charge in [-0.2, -0.15) is 0 Å². The van der Waals surface area contributed by atoms with Gasteiger partial charge < -0.3 is 15.2 Å².